The number of carbonyl (C=O) groups is 1. The summed E-state index contributed by atoms with van der Waals surface area (Å²) in [5.41, 5.74) is -0.274. The van der Waals surface area contributed by atoms with Gasteiger partial charge in [0.15, 0.2) is 5.82 Å². The maximum absolute atomic E-state index is 13.7. The third kappa shape index (κ3) is 1.41. The fourth-order valence-electron chi connectivity index (χ4n) is 1.52. The topological polar surface area (TPSA) is 55.1 Å². The molecule has 1 N–H and O–H groups in total. The highest BCUT2D eigenvalue weighted by Crippen LogP contribution is 2.36. The van der Waals surface area contributed by atoms with Crippen molar-refractivity contribution in [2.45, 2.75) is 0 Å². The summed E-state index contributed by atoms with van der Waals surface area (Å²) in [5.74, 6) is -2.34. The van der Waals surface area contributed by atoms with Gasteiger partial charge in [-0.2, -0.15) is 5.10 Å². The predicted molar refractivity (Wildman–Crippen MR) is 60.3 cm³/mol. The summed E-state index contributed by atoms with van der Waals surface area (Å²) < 4.78 is 15.3. The lowest BCUT2D eigenvalue weighted by Gasteiger charge is -2.06. The van der Waals surface area contributed by atoms with Crippen molar-refractivity contribution in [2.24, 2.45) is 7.05 Å². The van der Waals surface area contributed by atoms with Gasteiger partial charge in [-0.05, 0) is 15.9 Å². The molecule has 0 unspecified atom stereocenters. The second kappa shape index (κ2) is 3.71. The van der Waals surface area contributed by atoms with Gasteiger partial charge < -0.3 is 5.11 Å². The number of aromatic carboxylic acids is 1. The number of hydrogen-bond acceptors (Lipinski definition) is 2. The van der Waals surface area contributed by atoms with Crippen LogP contribution >= 0.6 is 27.5 Å². The van der Waals surface area contributed by atoms with Crippen LogP contribution in [0.3, 0.4) is 0 Å². The Morgan fingerprint density at radius 1 is 1.69 bits per heavy atom. The van der Waals surface area contributed by atoms with Crippen molar-refractivity contribution in [1.29, 1.82) is 0 Å². The van der Waals surface area contributed by atoms with Gasteiger partial charge in [-0.15, -0.1) is 0 Å². The summed E-state index contributed by atoms with van der Waals surface area (Å²) in [6, 6.07) is 0. The molecular weight excluding hydrogens is 302 g/mol. The highest BCUT2D eigenvalue weighted by atomic mass is 79.9. The SMILES string of the molecule is Cn1ncc2c(Br)c(Cl)c(F)c(C(=O)O)c21. The first-order chi connectivity index (χ1) is 7.45. The Hall–Kier alpha value is -1.14. The van der Waals surface area contributed by atoms with Crippen molar-refractivity contribution < 1.29 is 14.3 Å². The first-order valence-corrected chi connectivity index (χ1v) is 5.33. The molecule has 0 aliphatic heterocycles. The Kier molecular flexibility index (Phi) is 2.63. The van der Waals surface area contributed by atoms with Crippen LogP contribution in [0.2, 0.25) is 5.02 Å². The van der Waals surface area contributed by atoms with Crippen molar-refractivity contribution >= 4 is 44.4 Å². The van der Waals surface area contributed by atoms with E-state index in [9.17, 15) is 9.18 Å². The van der Waals surface area contributed by atoms with Gasteiger partial charge in [0.2, 0.25) is 0 Å². The Morgan fingerprint density at radius 2 is 2.31 bits per heavy atom. The van der Waals surface area contributed by atoms with E-state index in [1.165, 1.54) is 17.9 Å². The van der Waals surface area contributed by atoms with Gasteiger partial charge in [0.1, 0.15) is 5.56 Å². The molecule has 0 saturated carbocycles. The average molecular weight is 308 g/mol. The summed E-state index contributed by atoms with van der Waals surface area (Å²) in [4.78, 5) is 11.0. The minimum Gasteiger partial charge on any atom is -0.478 e. The van der Waals surface area contributed by atoms with Crippen LogP contribution in [0.5, 0.6) is 0 Å². The summed E-state index contributed by atoms with van der Waals surface area (Å²) in [6.07, 6.45) is 1.43. The molecule has 0 atom stereocenters. The van der Waals surface area contributed by atoms with Crippen LogP contribution in [0.4, 0.5) is 4.39 Å². The van der Waals surface area contributed by atoms with E-state index in [4.69, 9.17) is 16.7 Å². The highest BCUT2D eigenvalue weighted by Gasteiger charge is 2.24. The molecule has 7 heteroatoms. The second-order valence-electron chi connectivity index (χ2n) is 3.15. The zero-order valence-corrected chi connectivity index (χ0v) is 10.3. The highest BCUT2D eigenvalue weighted by molar-refractivity contribution is 9.10. The van der Waals surface area contributed by atoms with Crippen molar-refractivity contribution in [3.63, 3.8) is 0 Å². The standard InChI is InChI=1S/C9H5BrClFN2O2/c1-14-8-3(2-13-14)5(10)6(11)7(12)4(8)9(15)16/h2H,1H3,(H,15,16). The van der Waals surface area contributed by atoms with Crippen LogP contribution in [0.1, 0.15) is 10.4 Å². The molecule has 0 spiro atoms. The summed E-state index contributed by atoms with van der Waals surface area (Å²) in [7, 11) is 1.54. The molecule has 1 aromatic carbocycles. The molecule has 84 valence electrons. The molecule has 2 rings (SSSR count). The molecule has 1 heterocycles. The van der Waals surface area contributed by atoms with Crippen LogP contribution in [0.15, 0.2) is 10.7 Å². The lowest BCUT2D eigenvalue weighted by molar-refractivity contribution is 0.0693. The molecule has 0 bridgehead atoms. The van der Waals surface area contributed by atoms with E-state index in [0.29, 0.717) is 9.86 Å². The number of benzene rings is 1. The van der Waals surface area contributed by atoms with E-state index >= 15 is 0 Å². The largest absolute Gasteiger partial charge is 0.478 e. The first kappa shape index (κ1) is 11.3. The van der Waals surface area contributed by atoms with Crippen LogP contribution in [-0.2, 0) is 7.05 Å². The zero-order chi connectivity index (χ0) is 12.0. The van der Waals surface area contributed by atoms with Crippen molar-refractivity contribution in [1.82, 2.24) is 9.78 Å². The number of hydrogen-bond donors (Lipinski definition) is 1. The fraction of sp³-hybridized carbons (Fsp3) is 0.111. The smallest absolute Gasteiger partial charge is 0.340 e. The second-order valence-corrected chi connectivity index (χ2v) is 4.32. The van der Waals surface area contributed by atoms with E-state index in [1.54, 1.807) is 0 Å². The van der Waals surface area contributed by atoms with E-state index in [1.807, 2.05) is 0 Å². The molecule has 16 heavy (non-hydrogen) atoms. The van der Waals surface area contributed by atoms with Crippen LogP contribution in [0, 0.1) is 5.82 Å². The lowest BCUT2D eigenvalue weighted by Crippen LogP contribution is -2.06. The summed E-state index contributed by atoms with van der Waals surface area (Å²) >= 11 is 8.80. The van der Waals surface area contributed by atoms with Gasteiger partial charge in [0.25, 0.3) is 0 Å². The number of rotatable bonds is 1. The first-order valence-electron chi connectivity index (χ1n) is 4.16. The maximum Gasteiger partial charge on any atom is 0.340 e. The minimum absolute atomic E-state index is 0.196. The molecule has 0 saturated heterocycles. The van der Waals surface area contributed by atoms with Crippen LogP contribution in [0.25, 0.3) is 10.9 Å². The van der Waals surface area contributed by atoms with Gasteiger partial charge in [0.05, 0.1) is 21.2 Å². The summed E-state index contributed by atoms with van der Waals surface area (Å²) in [5, 5.41) is 13.1. The van der Waals surface area contributed by atoms with Gasteiger partial charge in [-0.25, -0.2) is 9.18 Å². The van der Waals surface area contributed by atoms with Gasteiger partial charge in [-0.3, -0.25) is 4.68 Å². The molecule has 0 amide bonds. The van der Waals surface area contributed by atoms with Gasteiger partial charge in [-0.1, -0.05) is 11.6 Å². The number of halogens is 3. The number of aromatic nitrogens is 2. The maximum atomic E-state index is 13.7. The molecule has 1 aromatic heterocycles. The molecule has 0 aliphatic carbocycles. The Morgan fingerprint density at radius 3 is 2.88 bits per heavy atom. The third-order valence-electron chi connectivity index (χ3n) is 2.23. The molecule has 0 radical (unpaired) electrons. The zero-order valence-electron chi connectivity index (χ0n) is 7.96. The number of nitrogens with zero attached hydrogens (tertiary/aromatic N) is 2. The molecule has 2 aromatic rings. The number of aryl methyl sites for hydroxylation is 1. The van der Waals surface area contributed by atoms with E-state index < -0.39 is 17.3 Å². The number of carboxylic acid groups (broad SMARTS) is 1. The normalized spacial score (nSPS) is 11.0. The molecular formula is C9H5BrClFN2O2. The van der Waals surface area contributed by atoms with E-state index in [0.717, 1.165) is 0 Å². The molecule has 0 fully saturated rings. The van der Waals surface area contributed by atoms with Gasteiger partial charge in [0, 0.05) is 12.4 Å². The Labute approximate surface area is 103 Å². The molecule has 0 aliphatic rings. The lowest BCUT2D eigenvalue weighted by atomic mass is 10.1. The fourth-order valence-corrected chi connectivity index (χ4v) is 2.18. The molecule has 4 nitrogen and oxygen atoms in total. The van der Waals surface area contributed by atoms with Gasteiger partial charge >= 0.3 is 5.97 Å². The van der Waals surface area contributed by atoms with Crippen LogP contribution < -0.4 is 0 Å². The van der Waals surface area contributed by atoms with Crippen molar-refractivity contribution in [3.05, 3.63) is 27.1 Å². The van der Waals surface area contributed by atoms with Crippen molar-refractivity contribution in [2.75, 3.05) is 0 Å². The van der Waals surface area contributed by atoms with Crippen molar-refractivity contribution in [3.8, 4) is 0 Å². The Bertz CT molecular complexity index is 611. The Balaban J connectivity index is 3.07. The van der Waals surface area contributed by atoms with Crippen LogP contribution in [-0.4, -0.2) is 20.9 Å². The minimum atomic E-state index is -1.37. The predicted octanol–water partition coefficient (Wildman–Crippen LogP) is 2.83. The quantitative estimate of drug-likeness (QED) is 0.824. The monoisotopic (exact) mass is 306 g/mol. The summed E-state index contributed by atoms with van der Waals surface area (Å²) in [6.45, 7) is 0. The van der Waals surface area contributed by atoms with E-state index in [2.05, 4.69) is 21.0 Å². The average Bonchev–Trinajstić information content (AvgIpc) is 2.58. The van der Waals surface area contributed by atoms with E-state index in [-0.39, 0.29) is 10.5 Å². The number of carboxylic acids is 1. The number of fused-ring (bicyclic) bond motifs is 1. The third-order valence-corrected chi connectivity index (χ3v) is 3.64.